The lowest BCUT2D eigenvalue weighted by Gasteiger charge is -2.20. The van der Waals surface area contributed by atoms with Crippen LogP contribution >= 0.6 is 0 Å². The van der Waals surface area contributed by atoms with Gasteiger partial charge in [-0.15, -0.1) is 0 Å². The molecule has 2 aromatic heterocycles. The van der Waals surface area contributed by atoms with E-state index in [2.05, 4.69) is 168 Å². The Morgan fingerprint density at radius 3 is 1.22 bits per heavy atom. The van der Waals surface area contributed by atoms with Crippen molar-refractivity contribution in [1.82, 2.24) is 9.97 Å². The monoisotopic (exact) mass is 636 g/mol. The van der Waals surface area contributed by atoms with Crippen LogP contribution in [0.1, 0.15) is 0 Å². The molecule has 50 heavy (non-hydrogen) atoms. The van der Waals surface area contributed by atoms with E-state index in [-0.39, 0.29) is 0 Å². The molecular weight excluding hydrogens is 605 g/mol. The number of hydrogen-bond acceptors (Lipinski definition) is 2. The fourth-order valence-corrected chi connectivity index (χ4v) is 7.30. The number of rotatable bonds is 6. The number of pyridine rings is 2. The molecule has 0 spiro atoms. The summed E-state index contributed by atoms with van der Waals surface area (Å²) in [7, 11) is 0. The Labute approximate surface area is 292 Å². The molecule has 2 nitrogen and oxygen atoms in total. The van der Waals surface area contributed by atoms with E-state index in [1.54, 1.807) is 0 Å². The van der Waals surface area contributed by atoms with Gasteiger partial charge >= 0.3 is 0 Å². The molecule has 0 aliphatic carbocycles. The molecule has 0 radical (unpaired) electrons. The van der Waals surface area contributed by atoms with Crippen LogP contribution in [0.25, 0.3) is 88.3 Å². The van der Waals surface area contributed by atoms with Crippen molar-refractivity contribution in [3.63, 3.8) is 0 Å². The summed E-state index contributed by atoms with van der Waals surface area (Å²) >= 11 is 0. The minimum Gasteiger partial charge on any atom is -0.264 e. The first-order chi connectivity index (χ1) is 24.8. The van der Waals surface area contributed by atoms with E-state index in [9.17, 15) is 0 Å². The lowest BCUT2D eigenvalue weighted by Crippen LogP contribution is -1.93. The van der Waals surface area contributed by atoms with Gasteiger partial charge in [0.15, 0.2) is 0 Å². The van der Waals surface area contributed by atoms with Gasteiger partial charge in [0.1, 0.15) is 0 Å². The molecule has 0 saturated heterocycles. The van der Waals surface area contributed by atoms with Crippen molar-refractivity contribution in [3.05, 3.63) is 195 Å². The highest BCUT2D eigenvalue weighted by atomic mass is 14.6. The van der Waals surface area contributed by atoms with Crippen LogP contribution in [0.5, 0.6) is 0 Å². The standard InChI is InChI=1S/C48H32N2/c1-2-10-35(11-3-1)41-14-4-5-15-42(41)38-26-27-45-46(30-38)48(37-24-20-34(21-25-37)40-13-9-29-50-32-40)44-17-7-6-16-43(44)47(45)36-22-18-33(19-23-36)39-12-8-28-49-31-39/h1-32H. The first-order valence-corrected chi connectivity index (χ1v) is 17.0. The molecule has 0 unspecified atom stereocenters. The van der Waals surface area contributed by atoms with Gasteiger partial charge in [0.2, 0.25) is 0 Å². The molecule has 0 saturated carbocycles. The van der Waals surface area contributed by atoms with Crippen molar-refractivity contribution < 1.29 is 0 Å². The van der Waals surface area contributed by atoms with Gasteiger partial charge in [0.25, 0.3) is 0 Å². The summed E-state index contributed by atoms with van der Waals surface area (Å²) in [5.74, 6) is 0. The lowest BCUT2D eigenvalue weighted by atomic mass is 9.84. The molecule has 2 heterocycles. The number of fused-ring (bicyclic) bond motifs is 2. The van der Waals surface area contributed by atoms with Gasteiger partial charge in [0, 0.05) is 24.8 Å². The molecule has 0 N–H and O–H groups in total. The van der Waals surface area contributed by atoms with E-state index >= 15 is 0 Å². The highest BCUT2D eigenvalue weighted by Gasteiger charge is 2.18. The molecule has 9 rings (SSSR count). The third-order valence-electron chi connectivity index (χ3n) is 9.68. The highest BCUT2D eigenvalue weighted by molar-refractivity contribution is 6.22. The summed E-state index contributed by atoms with van der Waals surface area (Å²) in [5.41, 5.74) is 14.2. The third-order valence-corrected chi connectivity index (χ3v) is 9.68. The predicted octanol–water partition coefficient (Wildman–Crippen LogP) is 12.8. The minimum absolute atomic E-state index is 1.11. The molecule has 2 heteroatoms. The van der Waals surface area contributed by atoms with Gasteiger partial charge in [-0.2, -0.15) is 0 Å². The minimum atomic E-state index is 1.11. The summed E-state index contributed by atoms with van der Waals surface area (Å²) in [4.78, 5) is 8.69. The maximum Gasteiger partial charge on any atom is 0.0346 e. The molecule has 7 aromatic carbocycles. The van der Waals surface area contributed by atoms with Crippen LogP contribution in [0, 0.1) is 0 Å². The zero-order valence-electron chi connectivity index (χ0n) is 27.4. The van der Waals surface area contributed by atoms with Crippen molar-refractivity contribution in [2.75, 3.05) is 0 Å². The second-order valence-electron chi connectivity index (χ2n) is 12.6. The molecular formula is C48H32N2. The Kier molecular flexibility index (Phi) is 7.53. The summed E-state index contributed by atoms with van der Waals surface area (Å²) in [6, 6.07) is 61.4. The lowest BCUT2D eigenvalue weighted by molar-refractivity contribution is 1.33. The molecule has 9 aromatic rings. The smallest absolute Gasteiger partial charge is 0.0346 e. The van der Waals surface area contributed by atoms with Crippen LogP contribution < -0.4 is 0 Å². The molecule has 0 amide bonds. The Hall–Kier alpha value is -6.64. The first-order valence-electron chi connectivity index (χ1n) is 17.0. The maximum absolute atomic E-state index is 4.35. The molecule has 0 bridgehead atoms. The van der Waals surface area contributed by atoms with Crippen molar-refractivity contribution >= 4 is 21.5 Å². The second-order valence-corrected chi connectivity index (χ2v) is 12.6. The van der Waals surface area contributed by atoms with Gasteiger partial charge in [-0.1, -0.05) is 152 Å². The van der Waals surface area contributed by atoms with Crippen LogP contribution in [-0.2, 0) is 0 Å². The molecule has 0 fully saturated rings. The van der Waals surface area contributed by atoms with Crippen LogP contribution in [-0.4, -0.2) is 9.97 Å². The van der Waals surface area contributed by atoms with Crippen molar-refractivity contribution in [1.29, 1.82) is 0 Å². The van der Waals surface area contributed by atoms with Gasteiger partial charge in [0.05, 0.1) is 0 Å². The number of nitrogens with zero attached hydrogens (tertiary/aromatic N) is 2. The largest absolute Gasteiger partial charge is 0.264 e. The Morgan fingerprint density at radius 1 is 0.260 bits per heavy atom. The second kappa shape index (κ2) is 12.8. The van der Waals surface area contributed by atoms with Crippen LogP contribution in [0.2, 0.25) is 0 Å². The van der Waals surface area contributed by atoms with Crippen molar-refractivity contribution in [2.24, 2.45) is 0 Å². The van der Waals surface area contributed by atoms with Gasteiger partial charge in [-0.25, -0.2) is 0 Å². The highest BCUT2D eigenvalue weighted by Crippen LogP contribution is 2.46. The SMILES string of the molecule is c1ccc(-c2ccccc2-c2ccc3c(-c4ccc(-c5cccnc5)cc4)c4ccccc4c(-c4ccc(-c5cccnc5)cc4)c3c2)cc1. The molecule has 0 aliphatic rings. The molecule has 0 aliphatic heterocycles. The number of hydrogen-bond donors (Lipinski definition) is 0. The van der Waals surface area contributed by atoms with Gasteiger partial charge in [-0.3, -0.25) is 9.97 Å². The fraction of sp³-hybridized carbons (Fsp3) is 0. The van der Waals surface area contributed by atoms with E-state index < -0.39 is 0 Å². The Bertz CT molecular complexity index is 2590. The Balaban J connectivity index is 1.30. The van der Waals surface area contributed by atoms with Crippen molar-refractivity contribution in [3.8, 4) is 66.8 Å². The quantitative estimate of drug-likeness (QED) is 0.170. The maximum atomic E-state index is 4.35. The zero-order chi connectivity index (χ0) is 33.3. The van der Waals surface area contributed by atoms with Crippen LogP contribution in [0.4, 0.5) is 0 Å². The van der Waals surface area contributed by atoms with Crippen molar-refractivity contribution in [2.45, 2.75) is 0 Å². The van der Waals surface area contributed by atoms with Crippen LogP contribution in [0.15, 0.2) is 195 Å². The van der Waals surface area contributed by atoms with Crippen LogP contribution in [0.3, 0.4) is 0 Å². The average molecular weight is 637 g/mol. The topological polar surface area (TPSA) is 25.8 Å². The summed E-state index contributed by atoms with van der Waals surface area (Å²) < 4.78 is 0. The molecule has 234 valence electrons. The Morgan fingerprint density at radius 2 is 0.680 bits per heavy atom. The van der Waals surface area contributed by atoms with E-state index in [0.29, 0.717) is 0 Å². The predicted molar refractivity (Wildman–Crippen MR) is 210 cm³/mol. The number of aromatic nitrogens is 2. The summed E-state index contributed by atoms with van der Waals surface area (Å²) in [6.07, 6.45) is 7.47. The van der Waals surface area contributed by atoms with Gasteiger partial charge in [-0.05, 0) is 107 Å². The zero-order valence-corrected chi connectivity index (χ0v) is 27.4. The summed E-state index contributed by atoms with van der Waals surface area (Å²) in [6.45, 7) is 0. The normalized spacial score (nSPS) is 11.2. The van der Waals surface area contributed by atoms with E-state index in [1.165, 1.54) is 66.1 Å². The van der Waals surface area contributed by atoms with Gasteiger partial charge < -0.3 is 0 Å². The van der Waals surface area contributed by atoms with E-state index in [0.717, 1.165) is 22.3 Å². The van der Waals surface area contributed by atoms with E-state index in [4.69, 9.17) is 0 Å². The fourth-order valence-electron chi connectivity index (χ4n) is 7.30. The average Bonchev–Trinajstić information content (AvgIpc) is 3.21. The third kappa shape index (κ3) is 5.34. The number of benzene rings is 7. The first kappa shape index (κ1) is 29.5. The van der Waals surface area contributed by atoms with E-state index in [1.807, 2.05) is 36.9 Å². The summed E-state index contributed by atoms with van der Waals surface area (Å²) in [5, 5.41) is 4.92. The molecule has 0 atom stereocenters.